The van der Waals surface area contributed by atoms with Crippen LogP contribution in [-0.2, 0) is 15.1 Å². The minimum absolute atomic E-state index is 0.0685. The monoisotopic (exact) mass is 303 g/mol. The summed E-state index contributed by atoms with van der Waals surface area (Å²) >= 11 is 0. The molecule has 0 N–H and O–H groups in total. The van der Waals surface area contributed by atoms with E-state index in [1.807, 2.05) is 6.92 Å². The van der Waals surface area contributed by atoms with E-state index in [4.69, 9.17) is 19.2 Å². The molecule has 1 aliphatic rings. The first-order valence-electron chi connectivity index (χ1n) is 6.94. The van der Waals surface area contributed by atoms with Crippen LogP contribution in [0.3, 0.4) is 0 Å². The number of ether oxygens (including phenoxy) is 2. The number of halogens is 1. The van der Waals surface area contributed by atoms with E-state index in [2.05, 4.69) is 10.2 Å². The Morgan fingerprint density at radius 2 is 2.32 bits per heavy atom. The molecule has 1 unspecified atom stereocenters. The fourth-order valence-electron chi connectivity index (χ4n) is 2.43. The summed E-state index contributed by atoms with van der Waals surface area (Å²) < 4.78 is 30.2. The van der Waals surface area contributed by atoms with E-state index in [9.17, 15) is 4.39 Å². The Bertz CT molecular complexity index is 717. The molecule has 22 heavy (non-hydrogen) atoms. The first kappa shape index (κ1) is 14.6. The van der Waals surface area contributed by atoms with Crippen molar-refractivity contribution >= 4 is 0 Å². The number of benzene rings is 1. The highest BCUT2D eigenvalue weighted by molar-refractivity contribution is 5.56. The molecule has 1 saturated heterocycles. The minimum atomic E-state index is -0.724. The van der Waals surface area contributed by atoms with Gasteiger partial charge in [0, 0.05) is 18.6 Å². The molecule has 114 valence electrons. The predicted octanol–water partition coefficient (Wildman–Crippen LogP) is 2.40. The average Bonchev–Trinajstić information content (AvgIpc) is 3.18. The van der Waals surface area contributed by atoms with Crippen molar-refractivity contribution in [3.05, 3.63) is 35.5 Å². The van der Waals surface area contributed by atoms with Crippen LogP contribution in [0.5, 0.6) is 0 Å². The molecule has 0 amide bonds. The lowest BCUT2D eigenvalue weighted by Gasteiger charge is -2.22. The van der Waals surface area contributed by atoms with Gasteiger partial charge in [0.25, 0.3) is 5.89 Å². The van der Waals surface area contributed by atoms with Gasteiger partial charge in [0.05, 0.1) is 18.8 Å². The molecule has 0 aliphatic carbocycles. The molecular weight excluding hydrogens is 289 g/mol. The normalized spacial score (nSPS) is 21.0. The van der Waals surface area contributed by atoms with Gasteiger partial charge in [-0.3, -0.25) is 0 Å². The molecule has 1 aliphatic heterocycles. The van der Waals surface area contributed by atoms with Crippen molar-refractivity contribution in [2.24, 2.45) is 0 Å². The zero-order chi connectivity index (χ0) is 15.6. The van der Waals surface area contributed by atoms with Crippen molar-refractivity contribution in [2.45, 2.75) is 18.9 Å². The van der Waals surface area contributed by atoms with E-state index in [0.29, 0.717) is 37.7 Å². The number of rotatable bonds is 4. The third kappa shape index (κ3) is 2.47. The highest BCUT2D eigenvalue weighted by Crippen LogP contribution is 2.35. The molecule has 7 heteroatoms. The van der Waals surface area contributed by atoms with Gasteiger partial charge in [-0.15, -0.1) is 10.2 Å². The second-order valence-electron chi connectivity index (χ2n) is 4.95. The lowest BCUT2D eigenvalue weighted by atomic mass is 10.0. The molecule has 3 rings (SSSR count). The maximum absolute atomic E-state index is 13.4. The van der Waals surface area contributed by atoms with Gasteiger partial charge in [0.2, 0.25) is 5.89 Å². The van der Waals surface area contributed by atoms with Crippen LogP contribution in [0, 0.1) is 17.1 Å². The quantitative estimate of drug-likeness (QED) is 0.862. The third-order valence-electron chi connectivity index (χ3n) is 3.55. The summed E-state index contributed by atoms with van der Waals surface area (Å²) in [5.74, 6) is -0.0249. The fraction of sp³-hybridized carbons (Fsp3) is 0.400. The summed E-state index contributed by atoms with van der Waals surface area (Å²) in [5, 5.41) is 16.9. The fourth-order valence-corrected chi connectivity index (χ4v) is 2.43. The topological polar surface area (TPSA) is 81.2 Å². The van der Waals surface area contributed by atoms with Crippen LogP contribution in [-0.4, -0.2) is 30.0 Å². The van der Waals surface area contributed by atoms with Gasteiger partial charge in [-0.2, -0.15) is 5.26 Å². The SMILES string of the molecule is CCOC1(c2nnc(-c3ccc(F)c(C#N)c3)o2)CCOC1. The first-order valence-corrected chi connectivity index (χ1v) is 6.94. The summed E-state index contributed by atoms with van der Waals surface area (Å²) in [7, 11) is 0. The van der Waals surface area contributed by atoms with Gasteiger partial charge in [-0.25, -0.2) is 4.39 Å². The second kappa shape index (κ2) is 5.83. The molecule has 1 fully saturated rings. The number of nitrogens with zero attached hydrogens (tertiary/aromatic N) is 3. The van der Waals surface area contributed by atoms with Crippen molar-refractivity contribution in [3.63, 3.8) is 0 Å². The first-order chi connectivity index (χ1) is 10.7. The lowest BCUT2D eigenvalue weighted by Crippen LogP contribution is -2.30. The highest BCUT2D eigenvalue weighted by Gasteiger charge is 2.43. The van der Waals surface area contributed by atoms with Crippen molar-refractivity contribution in [2.75, 3.05) is 19.8 Å². The average molecular weight is 303 g/mol. The Morgan fingerprint density at radius 3 is 3.00 bits per heavy atom. The van der Waals surface area contributed by atoms with E-state index in [1.165, 1.54) is 18.2 Å². The number of hydrogen-bond acceptors (Lipinski definition) is 6. The molecule has 0 spiro atoms. The zero-order valence-corrected chi connectivity index (χ0v) is 12.0. The number of nitriles is 1. The molecule has 6 nitrogen and oxygen atoms in total. The smallest absolute Gasteiger partial charge is 0.251 e. The van der Waals surface area contributed by atoms with Gasteiger partial charge in [-0.05, 0) is 25.1 Å². The Hall–Kier alpha value is -2.30. The van der Waals surface area contributed by atoms with Gasteiger partial charge < -0.3 is 13.9 Å². The summed E-state index contributed by atoms with van der Waals surface area (Å²) in [6.45, 7) is 3.30. The van der Waals surface area contributed by atoms with Crippen LogP contribution >= 0.6 is 0 Å². The molecule has 1 aromatic heterocycles. The van der Waals surface area contributed by atoms with E-state index in [1.54, 1.807) is 6.07 Å². The third-order valence-corrected chi connectivity index (χ3v) is 3.55. The summed E-state index contributed by atoms with van der Waals surface area (Å²) in [6, 6.07) is 5.86. The molecular formula is C15H14FN3O3. The molecule has 2 heterocycles. The van der Waals surface area contributed by atoms with Gasteiger partial charge in [-0.1, -0.05) is 0 Å². The molecule has 1 aromatic carbocycles. The van der Waals surface area contributed by atoms with E-state index < -0.39 is 11.4 Å². The van der Waals surface area contributed by atoms with E-state index >= 15 is 0 Å². The van der Waals surface area contributed by atoms with Crippen LogP contribution in [0.15, 0.2) is 22.6 Å². The number of aromatic nitrogens is 2. The van der Waals surface area contributed by atoms with Crippen LogP contribution in [0.25, 0.3) is 11.5 Å². The second-order valence-corrected chi connectivity index (χ2v) is 4.95. The van der Waals surface area contributed by atoms with Crippen LogP contribution in [0.4, 0.5) is 4.39 Å². The van der Waals surface area contributed by atoms with Crippen LogP contribution < -0.4 is 0 Å². The Morgan fingerprint density at radius 1 is 1.45 bits per heavy atom. The van der Waals surface area contributed by atoms with Crippen molar-refractivity contribution < 1.29 is 18.3 Å². The zero-order valence-electron chi connectivity index (χ0n) is 12.0. The Labute approximate surface area is 126 Å². The largest absolute Gasteiger partial charge is 0.417 e. The van der Waals surface area contributed by atoms with Gasteiger partial charge in [0.1, 0.15) is 11.9 Å². The molecule has 1 atom stereocenters. The maximum Gasteiger partial charge on any atom is 0.251 e. The highest BCUT2D eigenvalue weighted by atomic mass is 19.1. The summed E-state index contributed by atoms with van der Waals surface area (Å²) in [6.07, 6.45) is 0.634. The number of hydrogen-bond donors (Lipinski definition) is 0. The minimum Gasteiger partial charge on any atom is -0.417 e. The van der Waals surface area contributed by atoms with Crippen molar-refractivity contribution in [1.29, 1.82) is 5.26 Å². The van der Waals surface area contributed by atoms with Crippen LogP contribution in [0.1, 0.15) is 24.8 Å². The van der Waals surface area contributed by atoms with Crippen molar-refractivity contribution in [1.82, 2.24) is 10.2 Å². The van der Waals surface area contributed by atoms with E-state index in [-0.39, 0.29) is 11.5 Å². The molecule has 2 aromatic rings. The van der Waals surface area contributed by atoms with Crippen LogP contribution in [0.2, 0.25) is 0 Å². The molecule has 0 saturated carbocycles. The van der Waals surface area contributed by atoms with E-state index in [0.717, 1.165) is 0 Å². The van der Waals surface area contributed by atoms with Crippen molar-refractivity contribution in [3.8, 4) is 17.5 Å². The maximum atomic E-state index is 13.4. The van der Waals surface area contributed by atoms with Gasteiger partial charge in [0.15, 0.2) is 5.60 Å². The predicted molar refractivity (Wildman–Crippen MR) is 73.1 cm³/mol. The molecule has 0 radical (unpaired) electrons. The van der Waals surface area contributed by atoms with Gasteiger partial charge >= 0.3 is 0 Å². The lowest BCUT2D eigenvalue weighted by molar-refractivity contribution is -0.0657. The Kier molecular flexibility index (Phi) is 3.88. The molecule has 0 bridgehead atoms. The standard InChI is InChI=1S/C15H14FN3O3/c1-2-21-15(5-6-20-9-15)14-19-18-13(22-14)10-3-4-12(16)11(7-10)8-17/h3-4,7H,2,5-6,9H2,1H3. The summed E-state index contributed by atoms with van der Waals surface area (Å²) in [5.41, 5.74) is -0.304. The Balaban J connectivity index is 1.95. The summed E-state index contributed by atoms with van der Waals surface area (Å²) in [4.78, 5) is 0.